The van der Waals surface area contributed by atoms with Gasteiger partial charge in [-0.1, -0.05) is 0 Å². The lowest BCUT2D eigenvalue weighted by Crippen LogP contribution is -2.31. The number of aliphatic carboxylic acids is 1. The van der Waals surface area contributed by atoms with Gasteiger partial charge in [-0.3, -0.25) is 0 Å². The van der Waals surface area contributed by atoms with Crippen molar-refractivity contribution in [3.05, 3.63) is 12.3 Å². The van der Waals surface area contributed by atoms with Crippen LogP contribution in [0.5, 0.6) is 0 Å². The molecule has 0 unspecified atom stereocenters. The molecular weight excluding hydrogens is 170 g/mol. The fourth-order valence-corrected chi connectivity index (χ4v) is 1.45. The Labute approximate surface area is 77.5 Å². The molecule has 0 spiro atoms. The maximum Gasteiger partial charge on any atom is 0.329 e. The summed E-state index contributed by atoms with van der Waals surface area (Å²) >= 11 is 0. The molecule has 0 atom stereocenters. The van der Waals surface area contributed by atoms with Crippen LogP contribution in [0.1, 0.15) is 12.8 Å². The number of nitrogens with zero attached hydrogens (tertiary/aromatic N) is 1. The molecular formula is C9H15NO3. The Bertz CT molecular complexity index is 195. The van der Waals surface area contributed by atoms with E-state index < -0.39 is 5.97 Å². The van der Waals surface area contributed by atoms with Crippen LogP contribution in [0.15, 0.2) is 12.3 Å². The molecule has 0 aromatic heterocycles. The van der Waals surface area contributed by atoms with Crippen molar-refractivity contribution in [1.29, 1.82) is 0 Å². The molecule has 0 saturated carbocycles. The molecule has 1 heterocycles. The topological polar surface area (TPSA) is 60.8 Å². The van der Waals surface area contributed by atoms with Gasteiger partial charge in [-0.15, -0.1) is 0 Å². The summed E-state index contributed by atoms with van der Waals surface area (Å²) in [6.45, 7) is 1.93. The molecule has 0 radical (unpaired) electrons. The van der Waals surface area contributed by atoms with Gasteiger partial charge in [0.2, 0.25) is 0 Å². The molecule has 4 heteroatoms. The van der Waals surface area contributed by atoms with E-state index in [0.717, 1.165) is 32.0 Å². The second-order valence-electron chi connectivity index (χ2n) is 3.32. The first-order valence-corrected chi connectivity index (χ1v) is 4.48. The van der Waals surface area contributed by atoms with Crippen LogP contribution >= 0.6 is 0 Å². The summed E-state index contributed by atoms with van der Waals surface area (Å²) < 4.78 is 0. The summed E-state index contributed by atoms with van der Waals surface area (Å²) in [6, 6.07) is 0. The average Bonchev–Trinajstić information content (AvgIpc) is 2.15. The number of likely N-dealkylation sites (tertiary alicyclic amines) is 1. The van der Waals surface area contributed by atoms with Gasteiger partial charge in [0.15, 0.2) is 0 Å². The zero-order valence-electron chi connectivity index (χ0n) is 7.52. The van der Waals surface area contributed by atoms with Crippen LogP contribution < -0.4 is 0 Å². The summed E-state index contributed by atoms with van der Waals surface area (Å²) in [5.74, 6) is -0.515. The van der Waals surface area contributed by atoms with Crippen LogP contribution in [0.25, 0.3) is 0 Å². The fraction of sp³-hybridized carbons (Fsp3) is 0.667. The number of aliphatic hydroxyl groups is 1. The number of rotatable bonds is 3. The third kappa shape index (κ3) is 3.46. The van der Waals surface area contributed by atoms with Crippen molar-refractivity contribution in [3.63, 3.8) is 0 Å². The lowest BCUT2D eigenvalue weighted by Gasteiger charge is -2.29. The van der Waals surface area contributed by atoms with Gasteiger partial charge in [0.05, 0.1) is 0 Å². The molecule has 13 heavy (non-hydrogen) atoms. The predicted octanol–water partition coefficient (Wildman–Crippen LogP) is 0.289. The van der Waals surface area contributed by atoms with Gasteiger partial charge in [-0.25, -0.2) is 4.79 Å². The van der Waals surface area contributed by atoms with E-state index in [0.29, 0.717) is 5.92 Å². The normalized spacial score (nSPS) is 19.6. The van der Waals surface area contributed by atoms with Gasteiger partial charge in [-0.05, 0) is 18.8 Å². The highest BCUT2D eigenvalue weighted by atomic mass is 16.4. The van der Waals surface area contributed by atoms with E-state index in [9.17, 15) is 4.79 Å². The number of aliphatic hydroxyl groups excluding tert-OH is 1. The number of carbonyl (C=O) groups is 1. The van der Waals surface area contributed by atoms with Crippen LogP contribution in [0.3, 0.4) is 0 Å². The van der Waals surface area contributed by atoms with Crippen molar-refractivity contribution in [3.8, 4) is 0 Å². The first kappa shape index (κ1) is 10.1. The third-order valence-corrected chi connectivity index (χ3v) is 2.34. The van der Waals surface area contributed by atoms with Crippen molar-refractivity contribution in [1.82, 2.24) is 4.90 Å². The van der Waals surface area contributed by atoms with Crippen LogP contribution in [0, 0.1) is 5.92 Å². The molecule has 1 saturated heterocycles. The molecule has 1 rings (SSSR count). The largest absolute Gasteiger partial charge is 0.478 e. The Hall–Kier alpha value is -1.03. The number of hydrogen-bond acceptors (Lipinski definition) is 3. The Morgan fingerprint density at radius 2 is 2.08 bits per heavy atom. The first-order chi connectivity index (χ1) is 6.22. The minimum atomic E-state index is -0.913. The maximum absolute atomic E-state index is 10.2. The quantitative estimate of drug-likeness (QED) is 0.620. The Kier molecular flexibility index (Phi) is 3.76. The highest BCUT2D eigenvalue weighted by molar-refractivity contribution is 5.79. The molecule has 1 fully saturated rings. The predicted molar refractivity (Wildman–Crippen MR) is 48.2 cm³/mol. The van der Waals surface area contributed by atoms with Crippen LogP contribution in [-0.4, -0.2) is 40.8 Å². The molecule has 4 nitrogen and oxygen atoms in total. The van der Waals surface area contributed by atoms with Crippen molar-refractivity contribution in [2.75, 3.05) is 19.7 Å². The summed E-state index contributed by atoms with van der Waals surface area (Å²) in [5, 5.41) is 17.3. The second kappa shape index (κ2) is 4.87. The monoisotopic (exact) mass is 185 g/mol. The Morgan fingerprint density at radius 3 is 2.54 bits per heavy atom. The highest BCUT2D eigenvalue weighted by Gasteiger charge is 2.15. The molecule has 0 bridgehead atoms. The van der Waals surface area contributed by atoms with Crippen molar-refractivity contribution < 1.29 is 15.0 Å². The van der Waals surface area contributed by atoms with Crippen molar-refractivity contribution in [2.24, 2.45) is 5.92 Å². The summed E-state index contributed by atoms with van der Waals surface area (Å²) in [6.07, 6.45) is 4.65. The minimum Gasteiger partial charge on any atom is -0.478 e. The minimum absolute atomic E-state index is 0.247. The molecule has 0 aliphatic carbocycles. The van der Waals surface area contributed by atoms with Crippen LogP contribution in [0.2, 0.25) is 0 Å². The van der Waals surface area contributed by atoms with Crippen LogP contribution in [0.4, 0.5) is 0 Å². The zero-order chi connectivity index (χ0) is 9.68. The lowest BCUT2D eigenvalue weighted by molar-refractivity contribution is -0.131. The van der Waals surface area contributed by atoms with Crippen molar-refractivity contribution >= 4 is 5.97 Å². The molecule has 0 aromatic rings. The average molecular weight is 185 g/mol. The van der Waals surface area contributed by atoms with Gasteiger partial charge in [0, 0.05) is 32.0 Å². The molecule has 0 amide bonds. The molecule has 74 valence electrons. The number of piperidine rings is 1. The molecule has 0 aromatic carbocycles. The molecule has 2 N–H and O–H groups in total. The van der Waals surface area contributed by atoms with E-state index in [2.05, 4.69) is 0 Å². The third-order valence-electron chi connectivity index (χ3n) is 2.34. The van der Waals surface area contributed by atoms with Gasteiger partial charge in [0.25, 0.3) is 0 Å². The van der Waals surface area contributed by atoms with Crippen LogP contribution in [-0.2, 0) is 4.79 Å². The van der Waals surface area contributed by atoms with E-state index >= 15 is 0 Å². The number of carboxylic acid groups (broad SMARTS) is 1. The highest BCUT2D eigenvalue weighted by Crippen LogP contribution is 2.16. The van der Waals surface area contributed by atoms with E-state index in [4.69, 9.17) is 10.2 Å². The van der Waals surface area contributed by atoms with Gasteiger partial charge in [0.1, 0.15) is 0 Å². The van der Waals surface area contributed by atoms with E-state index in [1.807, 2.05) is 4.90 Å². The van der Waals surface area contributed by atoms with E-state index in [-0.39, 0.29) is 6.61 Å². The van der Waals surface area contributed by atoms with E-state index in [1.165, 1.54) is 0 Å². The summed E-state index contributed by atoms with van der Waals surface area (Å²) in [4.78, 5) is 12.2. The SMILES string of the molecule is O=C(O)/C=C/N1CCC(CO)CC1. The zero-order valence-corrected chi connectivity index (χ0v) is 7.52. The standard InChI is InChI=1S/C9H15NO3/c11-7-8-1-4-10(5-2-8)6-3-9(12)13/h3,6,8,11H,1-2,4-5,7H2,(H,12,13)/b6-3+. The van der Waals surface area contributed by atoms with Gasteiger partial charge < -0.3 is 15.1 Å². The number of hydrogen-bond donors (Lipinski definition) is 2. The molecule has 1 aliphatic rings. The smallest absolute Gasteiger partial charge is 0.329 e. The second-order valence-corrected chi connectivity index (χ2v) is 3.32. The Morgan fingerprint density at radius 1 is 1.46 bits per heavy atom. The maximum atomic E-state index is 10.2. The van der Waals surface area contributed by atoms with E-state index in [1.54, 1.807) is 6.20 Å². The number of carboxylic acids is 1. The molecule has 1 aliphatic heterocycles. The van der Waals surface area contributed by atoms with Gasteiger partial charge in [-0.2, -0.15) is 0 Å². The van der Waals surface area contributed by atoms with Gasteiger partial charge >= 0.3 is 5.97 Å². The van der Waals surface area contributed by atoms with Crippen molar-refractivity contribution in [2.45, 2.75) is 12.8 Å². The first-order valence-electron chi connectivity index (χ1n) is 4.48. The summed E-state index contributed by atoms with van der Waals surface area (Å²) in [7, 11) is 0. The fourth-order valence-electron chi connectivity index (χ4n) is 1.45. The lowest BCUT2D eigenvalue weighted by atomic mass is 9.98. The summed E-state index contributed by atoms with van der Waals surface area (Å²) in [5.41, 5.74) is 0. The Balaban J connectivity index is 2.28.